The number of benzene rings is 2. The van der Waals surface area contributed by atoms with Gasteiger partial charge in [0.15, 0.2) is 0 Å². The van der Waals surface area contributed by atoms with E-state index in [1.165, 1.54) is 38.3 Å². The van der Waals surface area contributed by atoms with Crippen LogP contribution in [0.4, 0.5) is 36.3 Å². The first kappa shape index (κ1) is 32.7. The molecule has 236 valence electrons. The Labute approximate surface area is 251 Å². The summed E-state index contributed by atoms with van der Waals surface area (Å²) in [7, 11) is 0.679. The van der Waals surface area contributed by atoms with Gasteiger partial charge in [-0.2, -0.15) is 18.2 Å². The van der Waals surface area contributed by atoms with Crippen molar-refractivity contribution in [1.82, 2.24) is 14.9 Å². The summed E-state index contributed by atoms with van der Waals surface area (Å²) in [5, 5.41) is 5.47. The molecule has 0 aliphatic carbocycles. The van der Waals surface area contributed by atoms with E-state index in [1.54, 1.807) is 32.0 Å². The lowest BCUT2D eigenvalue weighted by molar-refractivity contribution is -0.137. The molecule has 44 heavy (non-hydrogen) atoms. The number of halogens is 3. The Hall–Kier alpha value is -4.20. The summed E-state index contributed by atoms with van der Waals surface area (Å²) < 4.78 is 75.9. The molecule has 0 unspecified atom stereocenters. The second-order valence-corrected chi connectivity index (χ2v) is 11.6. The highest BCUT2D eigenvalue weighted by atomic mass is 31.2. The third-order valence-electron chi connectivity index (χ3n) is 6.56. The van der Waals surface area contributed by atoms with E-state index in [0.717, 1.165) is 0 Å². The molecule has 0 saturated heterocycles. The maximum atomic E-state index is 14.0. The molecule has 12 nitrogen and oxygen atoms in total. The van der Waals surface area contributed by atoms with Gasteiger partial charge in [0, 0.05) is 25.4 Å². The number of alkyl halides is 3. The predicted molar refractivity (Wildman–Crippen MR) is 155 cm³/mol. The number of rotatable bonds is 12. The van der Waals surface area contributed by atoms with Crippen LogP contribution in [0.1, 0.15) is 51.3 Å². The smallest absolute Gasteiger partial charge is 0.421 e. The van der Waals surface area contributed by atoms with Gasteiger partial charge in [-0.25, -0.2) is 9.78 Å². The molecule has 1 aromatic heterocycles. The Morgan fingerprint density at radius 1 is 1.07 bits per heavy atom. The van der Waals surface area contributed by atoms with Gasteiger partial charge < -0.3 is 34.1 Å². The molecular formula is C28H31F3N5O7P. The van der Waals surface area contributed by atoms with Crippen LogP contribution in [0.3, 0.4) is 0 Å². The number of carbonyl (C=O) groups excluding carboxylic acids is 2. The van der Waals surface area contributed by atoms with E-state index in [4.69, 9.17) is 18.5 Å². The van der Waals surface area contributed by atoms with E-state index >= 15 is 0 Å². The van der Waals surface area contributed by atoms with E-state index < -0.39 is 37.0 Å². The number of aromatic nitrogens is 2. The zero-order valence-electron chi connectivity index (χ0n) is 24.6. The summed E-state index contributed by atoms with van der Waals surface area (Å²) >= 11 is 0. The lowest BCUT2D eigenvalue weighted by Gasteiger charge is -2.19. The molecule has 2 aromatic carbocycles. The Morgan fingerprint density at radius 2 is 1.75 bits per heavy atom. The van der Waals surface area contributed by atoms with E-state index in [0.29, 0.717) is 23.0 Å². The number of amides is 1. The molecule has 1 aliphatic heterocycles. The van der Waals surface area contributed by atoms with E-state index in [-0.39, 0.29) is 54.4 Å². The Balaban J connectivity index is 1.69. The number of nitrogens with zero attached hydrogens (tertiary/aromatic N) is 3. The Morgan fingerprint density at radius 3 is 2.36 bits per heavy atom. The van der Waals surface area contributed by atoms with Crippen molar-refractivity contribution in [2.45, 2.75) is 32.7 Å². The Kier molecular flexibility index (Phi) is 9.81. The van der Waals surface area contributed by atoms with Crippen molar-refractivity contribution in [1.29, 1.82) is 0 Å². The number of anilines is 4. The molecule has 0 bridgehead atoms. The van der Waals surface area contributed by atoms with Crippen LogP contribution in [0.25, 0.3) is 0 Å². The van der Waals surface area contributed by atoms with E-state index in [9.17, 15) is 27.3 Å². The fourth-order valence-electron chi connectivity index (χ4n) is 4.64. The number of fused-ring (bicyclic) bond motifs is 1. The zero-order valence-corrected chi connectivity index (χ0v) is 25.5. The fraction of sp³-hybridized carbons (Fsp3) is 0.357. The molecule has 0 atom stereocenters. The number of hydrogen-bond acceptors (Lipinski definition) is 11. The third-order valence-corrected chi connectivity index (χ3v) is 8.62. The third kappa shape index (κ3) is 6.95. The van der Waals surface area contributed by atoms with Crippen LogP contribution in [-0.4, -0.2) is 61.2 Å². The second-order valence-electron chi connectivity index (χ2n) is 9.51. The maximum absolute atomic E-state index is 14.0. The largest absolute Gasteiger partial charge is 0.495 e. The minimum absolute atomic E-state index is 0.0205. The standard InChI is InChI=1S/C28H31F3N5O7P/c1-6-42-44(39,43-7-2)15-16-8-10-20(22(12-16)40-4)34-27-32-13-19(28(29,30)31)24(35-27)33-21-11-9-17(26(38)41-5)18-14-36(3)25(37)23(18)21/h8-13H,6-7,14-15H2,1-5H3,(H2,32,33,34,35). The number of nitrogens with one attached hydrogen (secondary N) is 2. The van der Waals surface area contributed by atoms with E-state index in [1.807, 2.05) is 0 Å². The summed E-state index contributed by atoms with van der Waals surface area (Å²) in [5.74, 6) is -1.75. The number of carbonyl (C=O) groups is 2. The monoisotopic (exact) mass is 637 g/mol. The van der Waals surface area contributed by atoms with Crippen molar-refractivity contribution >= 4 is 42.6 Å². The number of hydrogen-bond donors (Lipinski definition) is 2. The van der Waals surface area contributed by atoms with E-state index in [2.05, 4.69) is 20.6 Å². The molecule has 1 aliphatic rings. The molecule has 0 saturated carbocycles. The lowest BCUT2D eigenvalue weighted by atomic mass is 10.0. The van der Waals surface area contributed by atoms with Crippen molar-refractivity contribution in [3.63, 3.8) is 0 Å². The van der Waals surface area contributed by atoms with Gasteiger partial charge in [0.2, 0.25) is 5.95 Å². The molecule has 2 N–H and O–H groups in total. The molecule has 0 fully saturated rings. The summed E-state index contributed by atoms with van der Waals surface area (Å²) in [5.41, 5.74) is 0.200. The molecule has 2 heterocycles. The van der Waals surface area contributed by atoms with Crippen molar-refractivity contribution in [2.75, 3.05) is 45.1 Å². The molecule has 0 radical (unpaired) electrons. The highest BCUT2D eigenvalue weighted by molar-refractivity contribution is 7.53. The first-order valence-corrected chi connectivity index (χ1v) is 15.1. The summed E-state index contributed by atoms with van der Waals surface area (Å²) in [6, 6.07) is 7.48. The zero-order chi connectivity index (χ0) is 32.2. The van der Waals surface area contributed by atoms with Crippen molar-refractivity contribution in [2.24, 2.45) is 0 Å². The van der Waals surface area contributed by atoms with Gasteiger partial charge in [0.25, 0.3) is 5.91 Å². The highest BCUT2D eigenvalue weighted by Crippen LogP contribution is 2.51. The average Bonchev–Trinajstić information content (AvgIpc) is 3.27. The Bertz CT molecular complexity index is 1610. The van der Waals surface area contributed by atoms with Gasteiger partial charge in [-0.1, -0.05) is 6.07 Å². The van der Waals surface area contributed by atoms with Gasteiger partial charge >= 0.3 is 19.7 Å². The molecule has 3 aromatic rings. The first-order chi connectivity index (χ1) is 20.8. The van der Waals surface area contributed by atoms with Crippen LogP contribution in [-0.2, 0) is 37.2 Å². The van der Waals surface area contributed by atoms with Crippen LogP contribution in [0.2, 0.25) is 0 Å². The van der Waals surface area contributed by atoms with Crippen molar-refractivity contribution in [3.8, 4) is 5.75 Å². The number of esters is 1. The van der Waals surface area contributed by atoms with Crippen LogP contribution in [0, 0.1) is 0 Å². The quantitative estimate of drug-likeness (QED) is 0.175. The maximum Gasteiger partial charge on any atom is 0.421 e. The van der Waals surface area contributed by atoms with Crippen LogP contribution < -0.4 is 15.4 Å². The summed E-state index contributed by atoms with van der Waals surface area (Å²) in [6.45, 7) is 3.86. The predicted octanol–water partition coefficient (Wildman–Crippen LogP) is 6.13. The number of methoxy groups -OCH3 is 2. The average molecular weight is 638 g/mol. The summed E-state index contributed by atoms with van der Waals surface area (Å²) in [4.78, 5) is 34.4. The molecular weight excluding hydrogens is 606 g/mol. The SMILES string of the molecule is CCOP(=O)(Cc1ccc(Nc2ncc(C(F)(F)F)c(Nc3ccc(C(=O)OC)c4c3C(=O)N(C)C4)n2)c(OC)c1)OCC. The van der Waals surface area contributed by atoms with Crippen LogP contribution in [0.5, 0.6) is 5.75 Å². The lowest BCUT2D eigenvalue weighted by Crippen LogP contribution is -2.18. The van der Waals surface area contributed by atoms with Crippen molar-refractivity contribution < 1.29 is 45.8 Å². The highest BCUT2D eigenvalue weighted by Gasteiger charge is 2.37. The normalized spacial score (nSPS) is 13.1. The molecule has 16 heteroatoms. The van der Waals surface area contributed by atoms with Gasteiger partial charge in [-0.3, -0.25) is 9.36 Å². The van der Waals surface area contributed by atoms with Crippen molar-refractivity contribution in [3.05, 3.63) is 64.3 Å². The molecule has 4 rings (SSSR count). The molecule has 1 amide bonds. The fourth-order valence-corrected chi connectivity index (χ4v) is 6.32. The minimum atomic E-state index is -4.84. The topological polar surface area (TPSA) is 141 Å². The van der Waals surface area contributed by atoms with Crippen LogP contribution in [0.15, 0.2) is 36.5 Å². The summed E-state index contributed by atoms with van der Waals surface area (Å²) in [6.07, 6.45) is -4.26. The van der Waals surface area contributed by atoms with Gasteiger partial charge in [0.05, 0.1) is 56.1 Å². The van der Waals surface area contributed by atoms with Gasteiger partial charge in [0.1, 0.15) is 17.1 Å². The van der Waals surface area contributed by atoms with Gasteiger partial charge in [-0.15, -0.1) is 0 Å². The van der Waals surface area contributed by atoms with Gasteiger partial charge in [-0.05, 0) is 43.7 Å². The first-order valence-electron chi connectivity index (χ1n) is 13.4. The van der Waals surface area contributed by atoms with Crippen LogP contribution >= 0.6 is 7.60 Å². The second kappa shape index (κ2) is 13.2. The molecule has 0 spiro atoms. The number of ether oxygens (including phenoxy) is 2. The minimum Gasteiger partial charge on any atom is -0.495 e.